The summed E-state index contributed by atoms with van der Waals surface area (Å²) in [5.41, 5.74) is 1.56. The number of ether oxygens (including phenoxy) is 1. The Morgan fingerprint density at radius 3 is 2.67 bits per heavy atom. The lowest BCUT2D eigenvalue weighted by Gasteiger charge is -2.04. The van der Waals surface area contributed by atoms with E-state index in [9.17, 15) is 4.79 Å². The molecule has 1 aromatic rings. The first-order valence-electron chi connectivity index (χ1n) is 4.96. The summed E-state index contributed by atoms with van der Waals surface area (Å²) < 4.78 is 5.24. The molecule has 1 aliphatic rings. The van der Waals surface area contributed by atoms with Gasteiger partial charge in [-0.3, -0.25) is 4.79 Å². The summed E-state index contributed by atoms with van der Waals surface area (Å²) in [6.07, 6.45) is 0.699. The number of carbonyl (C=O) groups excluding carboxylic acids is 1. The van der Waals surface area contributed by atoms with E-state index in [2.05, 4.69) is 5.32 Å². The Labute approximate surface area is 88.8 Å². The van der Waals surface area contributed by atoms with Crippen LogP contribution in [0.25, 0.3) is 0 Å². The quantitative estimate of drug-likeness (QED) is 0.801. The van der Waals surface area contributed by atoms with Crippen LogP contribution in [0, 0.1) is 0 Å². The summed E-state index contributed by atoms with van der Waals surface area (Å²) in [5, 5.41) is 2.84. The predicted octanol–water partition coefficient (Wildman–Crippen LogP) is 2.32. The number of hydrogen-bond donors (Lipinski definition) is 1. The van der Waals surface area contributed by atoms with Crippen molar-refractivity contribution in [3.63, 3.8) is 0 Å². The molecule has 1 heterocycles. The maximum atomic E-state index is 11.8. The standard InChI is InChI=1S/C12H13NO2/c1-9-11(7-8-15-9)12(14)13-10-5-3-2-4-6-10/h2-6H,7-8H2,1H3,(H,13,14). The molecule has 1 aliphatic heterocycles. The minimum Gasteiger partial charge on any atom is -0.497 e. The van der Waals surface area contributed by atoms with Crippen molar-refractivity contribution >= 4 is 11.6 Å². The van der Waals surface area contributed by atoms with Gasteiger partial charge in [-0.05, 0) is 19.1 Å². The number of benzene rings is 1. The number of rotatable bonds is 2. The molecule has 3 heteroatoms. The van der Waals surface area contributed by atoms with Crippen LogP contribution in [-0.2, 0) is 9.53 Å². The molecule has 1 amide bonds. The number of anilines is 1. The summed E-state index contributed by atoms with van der Waals surface area (Å²) in [6, 6.07) is 9.43. The second-order valence-electron chi connectivity index (χ2n) is 3.45. The normalized spacial score (nSPS) is 15.0. The van der Waals surface area contributed by atoms with Crippen molar-refractivity contribution in [2.45, 2.75) is 13.3 Å². The summed E-state index contributed by atoms with van der Waals surface area (Å²) in [5.74, 6) is 0.680. The van der Waals surface area contributed by atoms with Gasteiger partial charge in [0.15, 0.2) is 0 Å². The van der Waals surface area contributed by atoms with Crippen molar-refractivity contribution in [2.75, 3.05) is 11.9 Å². The van der Waals surface area contributed by atoms with Crippen LogP contribution in [0.1, 0.15) is 13.3 Å². The summed E-state index contributed by atoms with van der Waals surface area (Å²) in [6.45, 7) is 2.44. The van der Waals surface area contributed by atoms with E-state index in [4.69, 9.17) is 4.74 Å². The van der Waals surface area contributed by atoms with Crippen molar-refractivity contribution in [1.29, 1.82) is 0 Å². The van der Waals surface area contributed by atoms with Crippen molar-refractivity contribution < 1.29 is 9.53 Å². The molecule has 78 valence electrons. The number of nitrogens with one attached hydrogen (secondary N) is 1. The summed E-state index contributed by atoms with van der Waals surface area (Å²) >= 11 is 0. The Kier molecular flexibility index (Phi) is 2.72. The Hall–Kier alpha value is -1.77. The monoisotopic (exact) mass is 203 g/mol. The van der Waals surface area contributed by atoms with E-state index >= 15 is 0 Å². The average Bonchev–Trinajstić information content (AvgIpc) is 2.66. The highest BCUT2D eigenvalue weighted by Crippen LogP contribution is 2.20. The fourth-order valence-electron chi connectivity index (χ4n) is 1.57. The smallest absolute Gasteiger partial charge is 0.255 e. The molecule has 0 spiro atoms. The molecule has 0 saturated carbocycles. The Balaban J connectivity index is 2.08. The largest absolute Gasteiger partial charge is 0.497 e. The molecule has 3 nitrogen and oxygen atoms in total. The van der Waals surface area contributed by atoms with Crippen molar-refractivity contribution in [3.8, 4) is 0 Å². The van der Waals surface area contributed by atoms with Crippen molar-refractivity contribution in [3.05, 3.63) is 41.7 Å². The second kappa shape index (κ2) is 4.17. The van der Waals surface area contributed by atoms with Gasteiger partial charge in [0.1, 0.15) is 5.76 Å². The van der Waals surface area contributed by atoms with Crippen LogP contribution >= 0.6 is 0 Å². The molecular weight excluding hydrogens is 190 g/mol. The van der Waals surface area contributed by atoms with E-state index in [-0.39, 0.29) is 5.91 Å². The van der Waals surface area contributed by atoms with Crippen LogP contribution in [0.3, 0.4) is 0 Å². The van der Waals surface area contributed by atoms with E-state index < -0.39 is 0 Å². The minimum atomic E-state index is -0.0591. The van der Waals surface area contributed by atoms with Gasteiger partial charge in [-0.1, -0.05) is 18.2 Å². The SMILES string of the molecule is CC1=C(C(=O)Nc2ccccc2)CCO1. The maximum absolute atomic E-state index is 11.8. The van der Waals surface area contributed by atoms with Crippen molar-refractivity contribution in [2.24, 2.45) is 0 Å². The first kappa shape index (κ1) is 9.77. The van der Waals surface area contributed by atoms with E-state index in [1.807, 2.05) is 37.3 Å². The van der Waals surface area contributed by atoms with Gasteiger partial charge < -0.3 is 10.1 Å². The predicted molar refractivity (Wildman–Crippen MR) is 58.3 cm³/mol. The summed E-state index contributed by atoms with van der Waals surface area (Å²) in [4.78, 5) is 11.8. The lowest BCUT2D eigenvalue weighted by atomic mass is 10.2. The molecule has 0 fully saturated rings. The lowest BCUT2D eigenvalue weighted by Crippen LogP contribution is -2.14. The molecular formula is C12H13NO2. The third kappa shape index (κ3) is 2.18. The van der Waals surface area contributed by atoms with Crippen LogP contribution in [0.15, 0.2) is 41.7 Å². The molecule has 1 N–H and O–H groups in total. The topological polar surface area (TPSA) is 38.3 Å². The van der Waals surface area contributed by atoms with Crippen LogP contribution in [0.2, 0.25) is 0 Å². The molecule has 0 atom stereocenters. The fraction of sp³-hybridized carbons (Fsp3) is 0.250. The number of amides is 1. The minimum absolute atomic E-state index is 0.0591. The van der Waals surface area contributed by atoms with Gasteiger partial charge in [0.25, 0.3) is 5.91 Å². The molecule has 1 aromatic carbocycles. The zero-order valence-electron chi connectivity index (χ0n) is 8.62. The highest BCUT2D eigenvalue weighted by atomic mass is 16.5. The highest BCUT2D eigenvalue weighted by molar-refractivity contribution is 6.04. The molecule has 0 bridgehead atoms. The van der Waals surface area contributed by atoms with Crippen LogP contribution in [-0.4, -0.2) is 12.5 Å². The van der Waals surface area contributed by atoms with E-state index in [1.165, 1.54) is 0 Å². The molecule has 0 aliphatic carbocycles. The van der Waals surface area contributed by atoms with Gasteiger partial charge >= 0.3 is 0 Å². The Morgan fingerprint density at radius 1 is 1.33 bits per heavy atom. The number of carbonyl (C=O) groups is 1. The Bertz CT molecular complexity index is 395. The molecule has 0 radical (unpaired) electrons. The zero-order valence-corrected chi connectivity index (χ0v) is 8.62. The van der Waals surface area contributed by atoms with Crippen molar-refractivity contribution in [1.82, 2.24) is 0 Å². The van der Waals surface area contributed by atoms with Crippen LogP contribution in [0.4, 0.5) is 5.69 Å². The fourth-order valence-corrected chi connectivity index (χ4v) is 1.57. The average molecular weight is 203 g/mol. The third-order valence-corrected chi connectivity index (χ3v) is 2.40. The number of para-hydroxylation sites is 1. The highest BCUT2D eigenvalue weighted by Gasteiger charge is 2.19. The van der Waals surface area contributed by atoms with Gasteiger partial charge in [0.2, 0.25) is 0 Å². The van der Waals surface area contributed by atoms with Gasteiger partial charge in [-0.15, -0.1) is 0 Å². The molecule has 0 aromatic heterocycles. The first-order valence-corrected chi connectivity index (χ1v) is 4.96. The molecule has 15 heavy (non-hydrogen) atoms. The third-order valence-electron chi connectivity index (χ3n) is 2.40. The lowest BCUT2D eigenvalue weighted by molar-refractivity contribution is -0.113. The number of hydrogen-bond acceptors (Lipinski definition) is 2. The molecule has 0 unspecified atom stereocenters. The van der Waals surface area contributed by atoms with E-state index in [1.54, 1.807) is 0 Å². The Morgan fingerprint density at radius 2 is 2.07 bits per heavy atom. The summed E-state index contributed by atoms with van der Waals surface area (Å²) in [7, 11) is 0. The molecule has 2 rings (SSSR count). The maximum Gasteiger partial charge on any atom is 0.255 e. The van der Waals surface area contributed by atoms with E-state index in [0.717, 1.165) is 17.0 Å². The second-order valence-corrected chi connectivity index (χ2v) is 3.45. The van der Waals surface area contributed by atoms with E-state index in [0.29, 0.717) is 13.0 Å². The first-order chi connectivity index (χ1) is 7.27. The van der Waals surface area contributed by atoms with Gasteiger partial charge in [-0.25, -0.2) is 0 Å². The van der Waals surface area contributed by atoms with Crippen LogP contribution < -0.4 is 5.32 Å². The van der Waals surface area contributed by atoms with Gasteiger partial charge in [0, 0.05) is 12.1 Å². The molecule has 0 saturated heterocycles. The van der Waals surface area contributed by atoms with Gasteiger partial charge in [0.05, 0.1) is 12.2 Å². The van der Waals surface area contributed by atoms with Gasteiger partial charge in [-0.2, -0.15) is 0 Å². The number of allylic oxidation sites excluding steroid dienone is 1. The zero-order chi connectivity index (χ0) is 10.7. The van der Waals surface area contributed by atoms with Crippen LogP contribution in [0.5, 0.6) is 0 Å².